The molecule has 0 unspecified atom stereocenters. The van der Waals surface area contributed by atoms with E-state index in [1.807, 2.05) is 12.1 Å². The van der Waals surface area contributed by atoms with Crippen LogP contribution in [0.25, 0.3) is 0 Å². The topological polar surface area (TPSA) is 0 Å². The van der Waals surface area contributed by atoms with E-state index in [-0.39, 0.29) is 19.5 Å². The van der Waals surface area contributed by atoms with Crippen LogP contribution in [0, 0.1) is 0 Å². The van der Waals surface area contributed by atoms with Crippen molar-refractivity contribution in [2.75, 3.05) is 0 Å². The molecule has 0 aliphatic carbocycles. The van der Waals surface area contributed by atoms with Crippen LogP contribution in [-0.4, -0.2) is 0 Å². The molecule has 28 heavy (non-hydrogen) atoms. The van der Waals surface area contributed by atoms with Crippen LogP contribution in [0.1, 0.15) is 0 Å². The van der Waals surface area contributed by atoms with Gasteiger partial charge in [-0.1, -0.05) is 126 Å². The number of rotatable bonds is 3. The molecular weight excluding hydrogens is 491 g/mol. The van der Waals surface area contributed by atoms with Gasteiger partial charge in [-0.2, -0.15) is 0 Å². The zero-order valence-electron chi connectivity index (χ0n) is 15.0. The molecule has 0 spiro atoms. The molecule has 0 N–H and O–H groups in total. The molecule has 0 atom stereocenters. The zero-order chi connectivity index (χ0) is 18.9. The van der Waals surface area contributed by atoms with Crippen LogP contribution in [0.4, 0.5) is 0 Å². The minimum Gasteiger partial charge on any atom is -0.0827 e. The summed E-state index contributed by atoms with van der Waals surface area (Å²) in [5.74, 6) is 0. The van der Waals surface area contributed by atoms with Gasteiger partial charge in [0.1, 0.15) is 0 Å². The zero-order valence-corrected chi connectivity index (χ0v) is 19.2. The summed E-state index contributed by atoms with van der Waals surface area (Å²) in [6.45, 7) is 0. The van der Waals surface area contributed by atoms with Gasteiger partial charge in [0.15, 0.2) is 0 Å². The summed E-state index contributed by atoms with van der Waals surface area (Å²) in [7, 11) is -0.446. The van der Waals surface area contributed by atoms with Crippen molar-refractivity contribution < 1.29 is 19.5 Å². The molecule has 0 fully saturated rings. The van der Waals surface area contributed by atoms with Gasteiger partial charge in [0.05, 0.1) is 10.0 Å². The maximum absolute atomic E-state index is 5.58. The average Bonchev–Trinajstić information content (AvgIpc) is 2.73. The monoisotopic (exact) mass is 510 g/mol. The minimum absolute atomic E-state index is 0. The van der Waals surface area contributed by atoms with E-state index in [1.54, 1.807) is 12.1 Å². The summed E-state index contributed by atoms with van der Waals surface area (Å²) in [5.41, 5.74) is 0. The van der Waals surface area contributed by atoms with Gasteiger partial charge in [0.25, 0.3) is 0 Å². The van der Waals surface area contributed by atoms with E-state index >= 15 is 0 Å². The van der Waals surface area contributed by atoms with Crippen LogP contribution in [0.2, 0.25) is 10.0 Å². The number of hydrogen-bond acceptors (Lipinski definition) is 0. The van der Waals surface area contributed by atoms with Crippen LogP contribution in [0.3, 0.4) is 0 Å². The summed E-state index contributed by atoms with van der Waals surface area (Å²) < 4.78 is 0. The quantitative estimate of drug-likeness (QED) is 0.220. The van der Waals surface area contributed by atoms with E-state index in [9.17, 15) is 0 Å². The van der Waals surface area contributed by atoms with E-state index in [1.165, 1.54) is 15.9 Å². The van der Waals surface area contributed by atoms with E-state index in [0.29, 0.717) is 10.0 Å². The fraction of sp³-hybridized carbons (Fsp3) is 0. The Labute approximate surface area is 191 Å². The standard InChI is InChI=1S/C18H15P.C6H4Cl2.Ru/c1-4-10-16(11-5-1)19(17-12-6-2-7-13-17)18-14-8-3-9-15-18;7-5-3-1-2-4-6(5)8;/h1-15H;1-4H;. The smallest absolute Gasteiger partial charge is 0.0592 e. The van der Waals surface area contributed by atoms with E-state index in [4.69, 9.17) is 23.2 Å². The normalized spacial score (nSPS) is 9.82. The maximum atomic E-state index is 5.58. The Morgan fingerprint density at radius 1 is 0.393 bits per heavy atom. The van der Waals surface area contributed by atoms with E-state index < -0.39 is 7.92 Å². The average molecular weight is 510 g/mol. The Morgan fingerprint density at radius 3 is 0.893 bits per heavy atom. The Morgan fingerprint density at radius 2 is 0.643 bits per heavy atom. The molecule has 0 aromatic heterocycles. The predicted octanol–water partition coefficient (Wildman–Crippen LogP) is 6.44. The molecule has 0 radical (unpaired) electrons. The molecule has 4 aromatic rings. The second kappa shape index (κ2) is 12.2. The molecular formula is C24H19Cl2PRu. The Balaban J connectivity index is 0.000000264. The van der Waals surface area contributed by atoms with Gasteiger partial charge in [-0.05, 0) is 36.0 Å². The van der Waals surface area contributed by atoms with Gasteiger partial charge < -0.3 is 0 Å². The van der Waals surface area contributed by atoms with Gasteiger partial charge >= 0.3 is 0 Å². The van der Waals surface area contributed by atoms with Crippen LogP contribution in [0.15, 0.2) is 115 Å². The number of halogens is 2. The first-order chi connectivity index (χ1) is 13.3. The first kappa shape index (κ1) is 22.8. The van der Waals surface area contributed by atoms with Gasteiger partial charge in [0, 0.05) is 19.5 Å². The largest absolute Gasteiger partial charge is 0.0827 e. The molecule has 0 saturated heterocycles. The molecule has 0 heterocycles. The third-order valence-corrected chi connectivity index (χ3v) is 7.07. The molecule has 142 valence electrons. The summed E-state index contributed by atoms with van der Waals surface area (Å²) >= 11 is 11.2. The van der Waals surface area contributed by atoms with Gasteiger partial charge in [0.2, 0.25) is 0 Å². The summed E-state index contributed by atoms with van der Waals surface area (Å²) in [6, 6.07) is 39.5. The fourth-order valence-electron chi connectivity index (χ4n) is 2.62. The van der Waals surface area contributed by atoms with E-state index in [0.717, 1.165) is 0 Å². The summed E-state index contributed by atoms with van der Waals surface area (Å²) in [4.78, 5) is 0. The van der Waals surface area contributed by atoms with Crippen molar-refractivity contribution in [1.82, 2.24) is 0 Å². The van der Waals surface area contributed by atoms with Crippen LogP contribution in [-0.2, 0) is 19.5 Å². The van der Waals surface area contributed by atoms with Crippen molar-refractivity contribution in [2.24, 2.45) is 0 Å². The van der Waals surface area contributed by atoms with E-state index in [2.05, 4.69) is 91.0 Å². The summed E-state index contributed by atoms with van der Waals surface area (Å²) in [5, 5.41) is 5.41. The Bertz CT molecular complexity index is 833. The summed E-state index contributed by atoms with van der Waals surface area (Å²) in [6.07, 6.45) is 0. The molecule has 4 heteroatoms. The molecule has 0 nitrogen and oxygen atoms in total. The van der Waals surface area contributed by atoms with Gasteiger partial charge in [-0.25, -0.2) is 0 Å². The molecule has 0 amide bonds. The third kappa shape index (κ3) is 6.54. The van der Waals surface area contributed by atoms with Crippen molar-refractivity contribution >= 4 is 47.0 Å². The predicted molar refractivity (Wildman–Crippen MR) is 122 cm³/mol. The Kier molecular flexibility index (Phi) is 9.90. The molecule has 4 rings (SSSR count). The molecule has 0 aliphatic heterocycles. The number of hydrogen-bond donors (Lipinski definition) is 0. The SMILES string of the molecule is Clc1ccccc1Cl.[Ru].c1ccc(P(c2ccccc2)c2ccccc2)cc1. The van der Waals surface area contributed by atoms with Gasteiger partial charge in [-0.15, -0.1) is 0 Å². The number of benzene rings is 4. The molecule has 0 saturated carbocycles. The van der Waals surface area contributed by atoms with Crippen LogP contribution >= 0.6 is 31.1 Å². The molecule has 0 aliphatic rings. The van der Waals surface area contributed by atoms with Crippen molar-refractivity contribution in [3.63, 3.8) is 0 Å². The second-order valence-electron chi connectivity index (χ2n) is 5.76. The first-order valence-electron chi connectivity index (χ1n) is 8.61. The van der Waals surface area contributed by atoms with Crippen molar-refractivity contribution in [3.8, 4) is 0 Å². The van der Waals surface area contributed by atoms with Crippen molar-refractivity contribution in [1.29, 1.82) is 0 Å². The Hall–Kier alpha value is -1.49. The molecule has 0 bridgehead atoms. The molecule has 4 aromatic carbocycles. The maximum Gasteiger partial charge on any atom is 0.0592 e. The fourth-order valence-corrected chi connectivity index (χ4v) is 5.19. The third-order valence-electron chi connectivity index (χ3n) is 3.87. The van der Waals surface area contributed by atoms with Crippen LogP contribution in [0.5, 0.6) is 0 Å². The minimum atomic E-state index is -0.446. The first-order valence-corrected chi connectivity index (χ1v) is 10.7. The van der Waals surface area contributed by atoms with Crippen LogP contribution < -0.4 is 15.9 Å². The second-order valence-corrected chi connectivity index (χ2v) is 8.79. The van der Waals surface area contributed by atoms with Gasteiger partial charge in [-0.3, -0.25) is 0 Å². The van der Waals surface area contributed by atoms with Crippen molar-refractivity contribution in [2.45, 2.75) is 0 Å². The van der Waals surface area contributed by atoms with Crippen molar-refractivity contribution in [3.05, 3.63) is 125 Å².